The summed E-state index contributed by atoms with van der Waals surface area (Å²) in [6.07, 6.45) is 6.47. The Morgan fingerprint density at radius 2 is 1.96 bits per heavy atom. The Hall–Kier alpha value is -2.82. The van der Waals surface area contributed by atoms with Crippen LogP contribution in [-0.4, -0.2) is 22.7 Å². The number of hydrogen-bond acceptors (Lipinski definition) is 3. The lowest BCUT2D eigenvalue weighted by Gasteiger charge is -2.08. The van der Waals surface area contributed by atoms with Crippen LogP contribution in [0.1, 0.15) is 43.0 Å². The molecule has 1 heterocycles. The van der Waals surface area contributed by atoms with Crippen molar-refractivity contribution < 1.29 is 9.53 Å². The zero-order valence-corrected chi connectivity index (χ0v) is 14.4. The van der Waals surface area contributed by atoms with Crippen molar-refractivity contribution in [3.05, 3.63) is 54.2 Å². The smallest absolute Gasteiger partial charge is 0.255 e. The molecule has 0 aliphatic rings. The highest BCUT2D eigenvalue weighted by atomic mass is 16.5. The fourth-order valence-corrected chi connectivity index (χ4v) is 2.64. The number of nitrogens with one attached hydrogen (secondary N) is 2. The molecule has 0 aliphatic heterocycles. The normalized spacial score (nSPS) is 10.8. The third-order valence-corrected chi connectivity index (χ3v) is 4.08. The summed E-state index contributed by atoms with van der Waals surface area (Å²) in [6.45, 7) is 2.91. The first kappa shape index (κ1) is 17.0. The Morgan fingerprint density at radius 3 is 2.76 bits per heavy atom. The van der Waals surface area contributed by atoms with Gasteiger partial charge in [0.15, 0.2) is 0 Å². The number of aromatic nitrogens is 2. The predicted octanol–water partition coefficient (Wildman–Crippen LogP) is 4.77. The zero-order chi connectivity index (χ0) is 17.5. The first-order valence-electron chi connectivity index (χ1n) is 8.73. The van der Waals surface area contributed by atoms with Crippen LogP contribution in [0.4, 0.5) is 5.69 Å². The molecule has 0 radical (unpaired) electrons. The van der Waals surface area contributed by atoms with Gasteiger partial charge in [-0.25, -0.2) is 0 Å². The van der Waals surface area contributed by atoms with E-state index in [0.717, 1.165) is 35.4 Å². The molecule has 0 saturated carbocycles. The van der Waals surface area contributed by atoms with Gasteiger partial charge in [-0.2, -0.15) is 5.10 Å². The molecule has 5 heteroatoms. The molecular weight excluding hydrogens is 314 g/mol. The summed E-state index contributed by atoms with van der Waals surface area (Å²) in [5, 5.41) is 10.8. The van der Waals surface area contributed by atoms with Crippen molar-refractivity contribution in [2.45, 2.75) is 32.6 Å². The number of carbonyl (C=O) groups is 1. The number of nitrogens with zero attached hydrogens (tertiary/aromatic N) is 1. The van der Waals surface area contributed by atoms with Gasteiger partial charge in [0.2, 0.25) is 0 Å². The van der Waals surface area contributed by atoms with Gasteiger partial charge >= 0.3 is 0 Å². The molecule has 2 N–H and O–H groups in total. The fraction of sp³-hybridized carbons (Fsp3) is 0.300. The second-order valence-corrected chi connectivity index (χ2v) is 6.06. The molecule has 1 amide bonds. The van der Waals surface area contributed by atoms with Crippen molar-refractivity contribution in [1.29, 1.82) is 0 Å². The summed E-state index contributed by atoms with van der Waals surface area (Å²) >= 11 is 0. The molecule has 3 rings (SSSR count). The van der Waals surface area contributed by atoms with Gasteiger partial charge in [0.05, 0.1) is 18.3 Å². The van der Waals surface area contributed by atoms with Crippen LogP contribution < -0.4 is 10.1 Å². The van der Waals surface area contributed by atoms with Crippen LogP contribution in [0.15, 0.2) is 48.7 Å². The molecule has 0 saturated heterocycles. The van der Waals surface area contributed by atoms with E-state index in [-0.39, 0.29) is 5.91 Å². The van der Waals surface area contributed by atoms with Crippen LogP contribution in [0.3, 0.4) is 0 Å². The Kier molecular flexibility index (Phi) is 5.67. The van der Waals surface area contributed by atoms with Gasteiger partial charge in [-0.05, 0) is 48.9 Å². The second kappa shape index (κ2) is 8.33. The Morgan fingerprint density at radius 1 is 1.12 bits per heavy atom. The van der Waals surface area contributed by atoms with Crippen LogP contribution in [0.2, 0.25) is 0 Å². The minimum Gasteiger partial charge on any atom is -0.494 e. The Bertz CT molecular complexity index is 824. The number of hydrogen-bond donors (Lipinski definition) is 2. The van der Waals surface area contributed by atoms with Gasteiger partial charge in [-0.1, -0.05) is 26.2 Å². The first-order chi connectivity index (χ1) is 12.3. The topological polar surface area (TPSA) is 67.0 Å². The fourth-order valence-electron chi connectivity index (χ4n) is 2.64. The third kappa shape index (κ3) is 4.59. The molecule has 2 aromatic carbocycles. The number of carbonyl (C=O) groups excluding carboxylic acids is 1. The lowest BCUT2D eigenvalue weighted by molar-refractivity contribution is 0.102. The molecule has 5 nitrogen and oxygen atoms in total. The predicted molar refractivity (Wildman–Crippen MR) is 100 cm³/mol. The van der Waals surface area contributed by atoms with E-state index in [1.54, 1.807) is 18.3 Å². The monoisotopic (exact) mass is 337 g/mol. The van der Waals surface area contributed by atoms with Gasteiger partial charge in [0.25, 0.3) is 5.91 Å². The van der Waals surface area contributed by atoms with Crippen molar-refractivity contribution in [1.82, 2.24) is 10.2 Å². The molecule has 0 aliphatic carbocycles. The molecule has 0 fully saturated rings. The summed E-state index contributed by atoms with van der Waals surface area (Å²) < 4.78 is 5.70. The highest BCUT2D eigenvalue weighted by molar-refractivity contribution is 6.05. The van der Waals surface area contributed by atoms with Crippen LogP contribution in [0, 0.1) is 0 Å². The van der Waals surface area contributed by atoms with E-state index in [1.165, 1.54) is 19.3 Å². The highest BCUT2D eigenvalue weighted by Crippen LogP contribution is 2.18. The lowest BCUT2D eigenvalue weighted by Crippen LogP contribution is -2.11. The maximum absolute atomic E-state index is 12.4. The lowest BCUT2D eigenvalue weighted by atomic mass is 10.2. The maximum atomic E-state index is 12.4. The van der Waals surface area contributed by atoms with E-state index >= 15 is 0 Å². The average molecular weight is 337 g/mol. The molecule has 0 spiro atoms. The SMILES string of the molecule is CCCCCCOc1ccc(C(=O)Nc2ccc3cn[nH]c3c2)cc1. The van der Waals surface area contributed by atoms with Crippen molar-refractivity contribution in [2.24, 2.45) is 0 Å². The highest BCUT2D eigenvalue weighted by Gasteiger charge is 2.07. The average Bonchev–Trinajstić information content (AvgIpc) is 3.10. The molecule has 25 heavy (non-hydrogen) atoms. The minimum absolute atomic E-state index is 0.145. The largest absolute Gasteiger partial charge is 0.494 e. The van der Waals surface area contributed by atoms with E-state index in [1.807, 2.05) is 30.3 Å². The summed E-state index contributed by atoms with van der Waals surface area (Å²) in [4.78, 5) is 12.4. The number of rotatable bonds is 8. The Labute approximate surface area is 147 Å². The summed E-state index contributed by atoms with van der Waals surface area (Å²) in [7, 11) is 0. The van der Waals surface area contributed by atoms with E-state index in [4.69, 9.17) is 4.74 Å². The van der Waals surface area contributed by atoms with E-state index < -0.39 is 0 Å². The number of H-pyrrole nitrogens is 1. The third-order valence-electron chi connectivity index (χ3n) is 4.08. The van der Waals surface area contributed by atoms with Crippen LogP contribution in [0.25, 0.3) is 10.9 Å². The number of benzene rings is 2. The van der Waals surface area contributed by atoms with Gasteiger partial charge in [-0.15, -0.1) is 0 Å². The van der Waals surface area contributed by atoms with Crippen LogP contribution >= 0.6 is 0 Å². The number of unbranched alkanes of at least 4 members (excludes halogenated alkanes) is 3. The summed E-state index contributed by atoms with van der Waals surface area (Å²) in [5.74, 6) is 0.653. The van der Waals surface area contributed by atoms with Crippen molar-refractivity contribution in [3.8, 4) is 5.75 Å². The van der Waals surface area contributed by atoms with Crippen LogP contribution in [0.5, 0.6) is 5.75 Å². The minimum atomic E-state index is -0.145. The zero-order valence-electron chi connectivity index (χ0n) is 14.4. The molecule has 0 unspecified atom stereocenters. The number of ether oxygens (including phenoxy) is 1. The number of anilines is 1. The molecule has 130 valence electrons. The summed E-state index contributed by atoms with van der Waals surface area (Å²) in [5.41, 5.74) is 2.23. The van der Waals surface area contributed by atoms with E-state index in [0.29, 0.717) is 5.56 Å². The Balaban J connectivity index is 1.55. The van der Waals surface area contributed by atoms with E-state index in [2.05, 4.69) is 22.4 Å². The molecule has 1 aromatic heterocycles. The first-order valence-corrected chi connectivity index (χ1v) is 8.73. The molecule has 3 aromatic rings. The molecule has 0 bridgehead atoms. The maximum Gasteiger partial charge on any atom is 0.255 e. The standard InChI is InChI=1S/C20H23N3O2/c1-2-3-4-5-12-25-18-10-7-15(8-11-18)20(24)22-17-9-6-16-14-21-23-19(16)13-17/h6-11,13-14H,2-5,12H2,1H3,(H,21,23)(H,22,24). The quantitative estimate of drug-likeness (QED) is 0.582. The van der Waals surface area contributed by atoms with Crippen LogP contribution in [-0.2, 0) is 0 Å². The van der Waals surface area contributed by atoms with Crippen molar-refractivity contribution in [3.63, 3.8) is 0 Å². The number of fused-ring (bicyclic) bond motifs is 1. The van der Waals surface area contributed by atoms with Crippen molar-refractivity contribution in [2.75, 3.05) is 11.9 Å². The van der Waals surface area contributed by atoms with Gasteiger partial charge in [0.1, 0.15) is 5.75 Å². The van der Waals surface area contributed by atoms with Crippen molar-refractivity contribution >= 4 is 22.5 Å². The second-order valence-electron chi connectivity index (χ2n) is 6.06. The van der Waals surface area contributed by atoms with Gasteiger partial charge in [-0.3, -0.25) is 9.89 Å². The van der Waals surface area contributed by atoms with Gasteiger partial charge < -0.3 is 10.1 Å². The number of amides is 1. The summed E-state index contributed by atoms with van der Waals surface area (Å²) in [6, 6.07) is 12.9. The van der Waals surface area contributed by atoms with E-state index in [9.17, 15) is 4.79 Å². The molecule has 0 atom stereocenters. The van der Waals surface area contributed by atoms with Gasteiger partial charge in [0, 0.05) is 16.6 Å². The number of aromatic amines is 1. The molecular formula is C20H23N3O2.